The fourth-order valence-electron chi connectivity index (χ4n) is 3.35. The Balaban J connectivity index is 1.48. The highest BCUT2D eigenvalue weighted by Gasteiger charge is 2.27. The van der Waals surface area contributed by atoms with Gasteiger partial charge in [0, 0.05) is 16.7 Å². The highest BCUT2D eigenvalue weighted by atomic mass is 79.9. The number of nitrogens with zero attached hydrogens (tertiary/aromatic N) is 1. The Morgan fingerprint density at radius 3 is 1.97 bits per heavy atom. The number of hydrogen-bond acceptors (Lipinski definition) is 4. The van der Waals surface area contributed by atoms with Crippen LogP contribution in [0.5, 0.6) is 11.5 Å². The molecule has 1 amide bonds. The van der Waals surface area contributed by atoms with E-state index < -0.39 is 15.9 Å². The number of ether oxygens (including phenoxy) is 1. The van der Waals surface area contributed by atoms with Gasteiger partial charge in [-0.2, -0.15) is 4.31 Å². The van der Waals surface area contributed by atoms with Crippen molar-refractivity contribution in [1.29, 1.82) is 0 Å². The van der Waals surface area contributed by atoms with Gasteiger partial charge in [0.2, 0.25) is 15.9 Å². The van der Waals surface area contributed by atoms with Crippen LogP contribution in [0.1, 0.15) is 5.56 Å². The van der Waals surface area contributed by atoms with E-state index in [2.05, 4.69) is 21.2 Å². The topological polar surface area (TPSA) is 75.7 Å². The molecule has 8 heteroatoms. The monoisotopic (exact) mass is 550 g/mol. The van der Waals surface area contributed by atoms with Gasteiger partial charge in [0.15, 0.2) is 0 Å². The van der Waals surface area contributed by atoms with Crippen molar-refractivity contribution in [2.24, 2.45) is 0 Å². The largest absolute Gasteiger partial charge is 0.457 e. The van der Waals surface area contributed by atoms with E-state index in [9.17, 15) is 13.2 Å². The Morgan fingerprint density at radius 2 is 1.34 bits per heavy atom. The maximum absolute atomic E-state index is 13.3. The predicted molar refractivity (Wildman–Crippen MR) is 140 cm³/mol. The average molecular weight is 551 g/mol. The maximum atomic E-state index is 13.3. The highest BCUT2D eigenvalue weighted by Crippen LogP contribution is 2.23. The standard InChI is InChI=1S/C27H23BrN2O4S/c28-22-13-11-21(12-14-22)19-30(35(32,33)26-9-5-2-6-10-26)20-27(31)29-23-15-17-25(18-16-23)34-24-7-3-1-4-8-24/h1-18H,19-20H2,(H,29,31). The van der Waals surface area contributed by atoms with Gasteiger partial charge in [-0.15, -0.1) is 0 Å². The van der Waals surface area contributed by atoms with E-state index in [1.165, 1.54) is 16.4 Å². The number of carbonyl (C=O) groups excluding carboxylic acids is 1. The molecule has 0 saturated heterocycles. The SMILES string of the molecule is O=C(CN(Cc1ccc(Br)cc1)S(=O)(=O)c1ccccc1)Nc1ccc(Oc2ccccc2)cc1. The second kappa shape index (κ2) is 11.3. The number of rotatable bonds is 9. The van der Waals surface area contributed by atoms with E-state index in [0.717, 1.165) is 10.0 Å². The fraction of sp³-hybridized carbons (Fsp3) is 0.0741. The molecule has 4 aromatic carbocycles. The number of sulfonamides is 1. The smallest absolute Gasteiger partial charge is 0.243 e. The molecule has 6 nitrogen and oxygen atoms in total. The first-order chi connectivity index (χ1) is 16.9. The number of nitrogens with one attached hydrogen (secondary N) is 1. The summed E-state index contributed by atoms with van der Waals surface area (Å²) in [6.07, 6.45) is 0. The van der Waals surface area contributed by atoms with Crippen molar-refractivity contribution in [1.82, 2.24) is 4.31 Å². The third-order valence-electron chi connectivity index (χ3n) is 5.09. The van der Waals surface area contributed by atoms with Crippen molar-refractivity contribution in [3.8, 4) is 11.5 Å². The van der Waals surface area contributed by atoms with Gasteiger partial charge in [0.1, 0.15) is 11.5 Å². The Morgan fingerprint density at radius 1 is 0.771 bits per heavy atom. The lowest BCUT2D eigenvalue weighted by Gasteiger charge is -2.22. The van der Waals surface area contributed by atoms with Crippen molar-refractivity contribution in [3.05, 3.63) is 119 Å². The van der Waals surface area contributed by atoms with Crippen LogP contribution in [0, 0.1) is 0 Å². The molecule has 4 aromatic rings. The quantitative estimate of drug-likeness (QED) is 0.274. The minimum absolute atomic E-state index is 0.0573. The third-order valence-corrected chi connectivity index (χ3v) is 7.42. The van der Waals surface area contributed by atoms with Gasteiger partial charge in [0.25, 0.3) is 0 Å². The lowest BCUT2D eigenvalue weighted by Crippen LogP contribution is -2.37. The molecule has 35 heavy (non-hydrogen) atoms. The van der Waals surface area contributed by atoms with Gasteiger partial charge in [-0.3, -0.25) is 4.79 Å². The van der Waals surface area contributed by atoms with Crippen LogP contribution >= 0.6 is 15.9 Å². The minimum Gasteiger partial charge on any atom is -0.457 e. The maximum Gasteiger partial charge on any atom is 0.243 e. The van der Waals surface area contributed by atoms with E-state index >= 15 is 0 Å². The second-order valence-corrected chi connectivity index (χ2v) is 10.6. The molecule has 0 aliphatic carbocycles. The number of amides is 1. The molecule has 0 aromatic heterocycles. The molecule has 0 heterocycles. The first-order valence-electron chi connectivity index (χ1n) is 10.8. The van der Waals surface area contributed by atoms with Gasteiger partial charge in [-0.1, -0.05) is 64.5 Å². The molecule has 0 fully saturated rings. The summed E-state index contributed by atoms with van der Waals surface area (Å²) in [5.41, 5.74) is 1.30. The molecule has 0 saturated carbocycles. The number of para-hydroxylation sites is 1. The first-order valence-corrected chi connectivity index (χ1v) is 13.1. The molecule has 178 valence electrons. The average Bonchev–Trinajstić information content (AvgIpc) is 2.87. The van der Waals surface area contributed by atoms with Crippen molar-refractivity contribution < 1.29 is 17.9 Å². The molecule has 0 bridgehead atoms. The zero-order valence-corrected chi connectivity index (χ0v) is 21.1. The minimum atomic E-state index is -3.90. The molecular weight excluding hydrogens is 528 g/mol. The molecule has 4 rings (SSSR count). The van der Waals surface area contributed by atoms with Crippen LogP contribution in [-0.4, -0.2) is 25.2 Å². The lowest BCUT2D eigenvalue weighted by molar-refractivity contribution is -0.116. The van der Waals surface area contributed by atoms with Crippen molar-refractivity contribution in [2.75, 3.05) is 11.9 Å². The summed E-state index contributed by atoms with van der Waals surface area (Å²) in [4.78, 5) is 13.0. The Hall–Kier alpha value is -3.46. The molecule has 1 N–H and O–H groups in total. The number of benzene rings is 4. The van der Waals surface area contributed by atoms with Crippen LogP contribution in [0.25, 0.3) is 0 Å². The van der Waals surface area contributed by atoms with Gasteiger partial charge < -0.3 is 10.1 Å². The van der Waals surface area contributed by atoms with Gasteiger partial charge in [-0.25, -0.2) is 8.42 Å². The van der Waals surface area contributed by atoms with Crippen LogP contribution in [0.3, 0.4) is 0 Å². The number of halogens is 1. The molecule has 0 atom stereocenters. The Kier molecular flexibility index (Phi) is 7.97. The van der Waals surface area contributed by atoms with E-state index in [4.69, 9.17) is 4.74 Å². The normalized spacial score (nSPS) is 11.3. The van der Waals surface area contributed by atoms with Gasteiger partial charge in [-0.05, 0) is 66.2 Å². The van der Waals surface area contributed by atoms with E-state index in [1.807, 2.05) is 54.6 Å². The van der Waals surface area contributed by atoms with Crippen LogP contribution in [0.2, 0.25) is 0 Å². The molecule has 0 aliphatic rings. The summed E-state index contributed by atoms with van der Waals surface area (Å²) in [6, 6.07) is 31.7. The summed E-state index contributed by atoms with van der Waals surface area (Å²) >= 11 is 3.38. The molecule has 0 radical (unpaired) electrons. The van der Waals surface area contributed by atoms with Gasteiger partial charge in [0.05, 0.1) is 11.4 Å². The molecule has 0 aliphatic heterocycles. The number of hydrogen-bond donors (Lipinski definition) is 1. The number of anilines is 1. The van der Waals surface area contributed by atoms with Crippen LogP contribution in [0.15, 0.2) is 119 Å². The summed E-state index contributed by atoms with van der Waals surface area (Å²) in [5, 5.41) is 2.77. The predicted octanol–water partition coefficient (Wildman–Crippen LogP) is 6.07. The fourth-order valence-corrected chi connectivity index (χ4v) is 5.02. The Bertz CT molecular complexity index is 1360. The zero-order valence-electron chi connectivity index (χ0n) is 18.7. The van der Waals surface area contributed by atoms with E-state index in [-0.39, 0.29) is 18.0 Å². The van der Waals surface area contributed by atoms with Gasteiger partial charge >= 0.3 is 0 Å². The highest BCUT2D eigenvalue weighted by molar-refractivity contribution is 9.10. The van der Waals surface area contributed by atoms with E-state index in [0.29, 0.717) is 17.2 Å². The van der Waals surface area contributed by atoms with Crippen molar-refractivity contribution >= 4 is 37.5 Å². The zero-order chi connectivity index (χ0) is 24.7. The summed E-state index contributed by atoms with van der Waals surface area (Å²) < 4.78 is 34.5. The van der Waals surface area contributed by atoms with Crippen molar-refractivity contribution in [3.63, 3.8) is 0 Å². The summed E-state index contributed by atoms with van der Waals surface area (Å²) in [7, 11) is -3.90. The summed E-state index contributed by atoms with van der Waals surface area (Å²) in [5.74, 6) is 0.884. The van der Waals surface area contributed by atoms with Crippen LogP contribution in [0.4, 0.5) is 5.69 Å². The Labute approximate surface area is 213 Å². The third kappa shape index (κ3) is 6.79. The van der Waals surface area contributed by atoms with Crippen molar-refractivity contribution in [2.45, 2.75) is 11.4 Å². The molecular formula is C27H23BrN2O4S. The van der Waals surface area contributed by atoms with Crippen LogP contribution in [-0.2, 0) is 21.4 Å². The first kappa shape index (κ1) is 24.7. The van der Waals surface area contributed by atoms with E-state index in [1.54, 1.807) is 42.5 Å². The summed E-state index contributed by atoms with van der Waals surface area (Å²) in [6.45, 7) is -0.280. The lowest BCUT2D eigenvalue weighted by atomic mass is 10.2. The number of carbonyl (C=O) groups is 1. The van der Waals surface area contributed by atoms with Crippen LogP contribution < -0.4 is 10.1 Å². The molecule has 0 spiro atoms. The molecule has 0 unspecified atom stereocenters. The second-order valence-electron chi connectivity index (χ2n) is 7.70.